The first-order chi connectivity index (χ1) is 13.9. The van der Waals surface area contributed by atoms with Crippen molar-refractivity contribution in [1.82, 2.24) is 0 Å². The lowest BCUT2D eigenvalue weighted by atomic mass is 9.94. The third kappa shape index (κ3) is 17.7. The summed E-state index contributed by atoms with van der Waals surface area (Å²) in [6.45, 7) is 6.22. The Bertz CT molecular complexity index is 374. The lowest BCUT2D eigenvalue weighted by molar-refractivity contribution is -0.174. The number of rotatable bonds is 21. The van der Waals surface area contributed by atoms with Gasteiger partial charge in [-0.05, 0) is 6.42 Å². The minimum atomic E-state index is -0.872. The summed E-state index contributed by atoms with van der Waals surface area (Å²) in [6.07, 6.45) is 19.6. The molecule has 1 atom stereocenters. The molecule has 5 heteroatoms. The number of unbranched alkanes of at least 4 members (excludes halogenated alkanes) is 15. The minimum Gasteiger partial charge on any atom is -0.419 e. The van der Waals surface area contributed by atoms with Crippen molar-refractivity contribution in [1.29, 1.82) is 0 Å². The molecule has 0 heterocycles. The monoisotopic (exact) mass is 415 g/mol. The van der Waals surface area contributed by atoms with E-state index in [9.17, 15) is 9.90 Å². The summed E-state index contributed by atoms with van der Waals surface area (Å²) in [5.41, 5.74) is 4.43. The van der Waals surface area contributed by atoms with Crippen LogP contribution in [0.4, 0.5) is 4.79 Å². The van der Waals surface area contributed by atoms with Gasteiger partial charge in [0, 0.05) is 0 Å². The molecule has 1 unspecified atom stereocenters. The maximum atomic E-state index is 11.0. The number of carbonyl (C=O) groups is 1. The molecule has 0 rings (SSSR count). The van der Waals surface area contributed by atoms with E-state index in [-0.39, 0.29) is 6.61 Å². The summed E-state index contributed by atoms with van der Waals surface area (Å²) >= 11 is 0. The van der Waals surface area contributed by atoms with Gasteiger partial charge in [-0.25, -0.2) is 4.79 Å². The molecule has 0 saturated carbocycles. The Morgan fingerprint density at radius 3 is 1.52 bits per heavy atom. The van der Waals surface area contributed by atoms with Crippen LogP contribution in [0.25, 0.3) is 0 Å². The Balaban J connectivity index is 3.43. The van der Waals surface area contributed by atoms with Crippen LogP contribution in [0.1, 0.15) is 124 Å². The fourth-order valence-electron chi connectivity index (χ4n) is 3.44. The molecule has 0 saturated heterocycles. The Morgan fingerprint density at radius 1 is 0.793 bits per heavy atom. The van der Waals surface area contributed by atoms with Crippen LogP contribution in [0.15, 0.2) is 0 Å². The van der Waals surface area contributed by atoms with Crippen molar-refractivity contribution in [3.8, 4) is 0 Å². The highest BCUT2D eigenvalue weighted by atomic mass is 16.7. The molecule has 0 fully saturated rings. The zero-order valence-corrected chi connectivity index (χ0v) is 19.6. The second-order valence-electron chi connectivity index (χ2n) is 9.09. The number of hydrogen-bond acceptors (Lipinski definition) is 4. The lowest BCUT2D eigenvalue weighted by Crippen LogP contribution is -2.40. The van der Waals surface area contributed by atoms with E-state index in [4.69, 9.17) is 15.2 Å². The van der Waals surface area contributed by atoms with Gasteiger partial charge in [0.15, 0.2) is 0 Å². The van der Waals surface area contributed by atoms with Crippen molar-refractivity contribution in [2.45, 2.75) is 130 Å². The van der Waals surface area contributed by atoms with E-state index in [0.717, 1.165) is 12.8 Å². The highest BCUT2D eigenvalue weighted by molar-refractivity contribution is 5.64. The number of nitrogens with two attached hydrogens (primary N) is 1. The van der Waals surface area contributed by atoms with Crippen LogP contribution in [0.3, 0.4) is 0 Å². The topological polar surface area (TPSA) is 81.8 Å². The first-order valence-electron chi connectivity index (χ1n) is 12.1. The number of primary amides is 1. The van der Waals surface area contributed by atoms with Gasteiger partial charge in [-0.2, -0.15) is 0 Å². The Hall–Kier alpha value is -0.810. The molecular weight excluding hydrogens is 366 g/mol. The van der Waals surface area contributed by atoms with Crippen LogP contribution in [0.5, 0.6) is 0 Å². The number of amides is 1. The van der Waals surface area contributed by atoms with Gasteiger partial charge in [0.2, 0.25) is 6.29 Å². The van der Waals surface area contributed by atoms with Crippen molar-refractivity contribution >= 4 is 6.09 Å². The molecule has 29 heavy (non-hydrogen) atoms. The van der Waals surface area contributed by atoms with Crippen molar-refractivity contribution in [3.63, 3.8) is 0 Å². The lowest BCUT2D eigenvalue weighted by Gasteiger charge is -2.31. The number of ether oxygens (including phenoxy) is 2. The molecular formula is C24H49NO4. The van der Waals surface area contributed by atoms with Gasteiger partial charge in [0.05, 0.1) is 18.6 Å². The molecule has 3 N–H and O–H groups in total. The molecule has 0 aromatic heterocycles. The van der Waals surface area contributed by atoms with Crippen molar-refractivity contribution in [2.75, 3.05) is 13.2 Å². The van der Waals surface area contributed by atoms with Crippen LogP contribution in [0, 0.1) is 5.41 Å². The molecule has 0 spiro atoms. The standard InChI is InChI=1S/C24H49NO4/c1-4-5-6-7-8-9-10-11-12-13-14-15-16-17-18-19-20-28-22(29-23(25)27)24(2,3)21-26/h22,26H,4-21H2,1-3H3,(H2,25,27). The van der Waals surface area contributed by atoms with E-state index in [0.29, 0.717) is 6.61 Å². The number of carbonyl (C=O) groups excluding carboxylic acids is 1. The van der Waals surface area contributed by atoms with E-state index in [1.165, 1.54) is 89.9 Å². The average Bonchev–Trinajstić information content (AvgIpc) is 2.69. The normalized spacial score (nSPS) is 12.8. The van der Waals surface area contributed by atoms with Crippen LogP contribution < -0.4 is 5.73 Å². The quantitative estimate of drug-likeness (QED) is 0.161. The zero-order chi connectivity index (χ0) is 21.8. The summed E-state index contributed by atoms with van der Waals surface area (Å²) in [4.78, 5) is 11.0. The molecule has 0 aromatic rings. The summed E-state index contributed by atoms with van der Waals surface area (Å²) in [5.74, 6) is 0. The fourth-order valence-corrected chi connectivity index (χ4v) is 3.44. The van der Waals surface area contributed by atoms with E-state index >= 15 is 0 Å². The van der Waals surface area contributed by atoms with E-state index in [1.54, 1.807) is 13.8 Å². The Morgan fingerprint density at radius 2 is 1.17 bits per heavy atom. The van der Waals surface area contributed by atoms with Gasteiger partial charge in [-0.3, -0.25) is 0 Å². The molecule has 5 nitrogen and oxygen atoms in total. The van der Waals surface area contributed by atoms with Gasteiger partial charge in [0.1, 0.15) is 0 Å². The summed E-state index contributed by atoms with van der Waals surface area (Å²) < 4.78 is 10.6. The maximum absolute atomic E-state index is 11.0. The van der Waals surface area contributed by atoms with Crippen molar-refractivity contribution < 1.29 is 19.4 Å². The molecule has 0 aliphatic heterocycles. The van der Waals surface area contributed by atoms with Crippen molar-refractivity contribution in [2.24, 2.45) is 11.1 Å². The minimum absolute atomic E-state index is 0.135. The third-order valence-corrected chi connectivity index (χ3v) is 5.54. The molecule has 0 aromatic carbocycles. The predicted octanol–water partition coefficient (Wildman–Crippen LogP) is 6.70. The number of aliphatic hydroxyl groups excluding tert-OH is 1. The largest absolute Gasteiger partial charge is 0.419 e. The predicted molar refractivity (Wildman–Crippen MR) is 121 cm³/mol. The average molecular weight is 416 g/mol. The summed E-state index contributed by atoms with van der Waals surface area (Å²) in [5, 5.41) is 9.41. The van der Waals surface area contributed by atoms with Gasteiger partial charge < -0.3 is 20.3 Å². The number of aliphatic hydroxyl groups is 1. The fraction of sp³-hybridized carbons (Fsp3) is 0.958. The SMILES string of the molecule is CCCCCCCCCCCCCCCCCCOC(OC(N)=O)C(C)(C)CO. The first-order valence-corrected chi connectivity index (χ1v) is 12.1. The highest BCUT2D eigenvalue weighted by Crippen LogP contribution is 2.24. The molecule has 0 aliphatic rings. The molecule has 0 aliphatic carbocycles. The molecule has 1 amide bonds. The zero-order valence-electron chi connectivity index (χ0n) is 19.6. The molecule has 0 bridgehead atoms. The van der Waals surface area contributed by atoms with E-state index in [2.05, 4.69) is 6.92 Å². The van der Waals surface area contributed by atoms with Gasteiger partial charge >= 0.3 is 6.09 Å². The van der Waals surface area contributed by atoms with Gasteiger partial charge in [-0.1, -0.05) is 117 Å². The number of hydrogen-bond donors (Lipinski definition) is 2. The third-order valence-electron chi connectivity index (χ3n) is 5.54. The highest BCUT2D eigenvalue weighted by Gasteiger charge is 2.32. The Kier molecular flexibility index (Phi) is 18.6. The van der Waals surface area contributed by atoms with Crippen LogP contribution in [-0.2, 0) is 9.47 Å². The van der Waals surface area contributed by atoms with E-state index < -0.39 is 17.8 Å². The van der Waals surface area contributed by atoms with E-state index in [1.807, 2.05) is 0 Å². The first kappa shape index (κ1) is 28.2. The molecule has 0 radical (unpaired) electrons. The Labute approximate surface area is 180 Å². The van der Waals surface area contributed by atoms with Crippen LogP contribution in [0.2, 0.25) is 0 Å². The van der Waals surface area contributed by atoms with Gasteiger partial charge in [0.25, 0.3) is 0 Å². The van der Waals surface area contributed by atoms with Crippen molar-refractivity contribution in [3.05, 3.63) is 0 Å². The summed E-state index contributed by atoms with van der Waals surface area (Å²) in [6, 6.07) is 0. The van der Waals surface area contributed by atoms with Crippen LogP contribution >= 0.6 is 0 Å². The smallest absolute Gasteiger partial charge is 0.406 e. The second kappa shape index (κ2) is 19.2. The van der Waals surface area contributed by atoms with Crippen LogP contribution in [-0.4, -0.2) is 30.7 Å². The van der Waals surface area contributed by atoms with Gasteiger partial charge in [-0.15, -0.1) is 0 Å². The maximum Gasteiger partial charge on any atom is 0.406 e. The second-order valence-corrected chi connectivity index (χ2v) is 9.09. The molecule has 174 valence electrons. The summed E-state index contributed by atoms with van der Waals surface area (Å²) in [7, 11) is 0.